The van der Waals surface area contributed by atoms with E-state index in [0.29, 0.717) is 26.4 Å². The summed E-state index contributed by atoms with van der Waals surface area (Å²) in [4.78, 5) is 26.1. The van der Waals surface area contributed by atoms with E-state index in [0.717, 1.165) is 15.7 Å². The highest BCUT2D eigenvalue weighted by atomic mass is 79.9. The standard InChI is InChI=1S/C17H20BrNO4/c1-11-5-13(3-4-14(11)18)19-7-12(6-15(19)20)16(21)23-10-17(2)8-22-9-17/h3-5,12H,6-10H2,1-2H3. The molecule has 1 amide bonds. The molecule has 2 aliphatic rings. The van der Waals surface area contributed by atoms with Crippen molar-refractivity contribution < 1.29 is 19.1 Å². The van der Waals surface area contributed by atoms with Gasteiger partial charge in [0.1, 0.15) is 6.61 Å². The number of anilines is 1. The molecule has 0 aliphatic carbocycles. The molecule has 1 atom stereocenters. The quantitative estimate of drug-likeness (QED) is 0.752. The van der Waals surface area contributed by atoms with Crippen molar-refractivity contribution in [3.05, 3.63) is 28.2 Å². The number of ether oxygens (including phenoxy) is 2. The van der Waals surface area contributed by atoms with Gasteiger partial charge in [0, 0.05) is 28.5 Å². The fraction of sp³-hybridized carbons (Fsp3) is 0.529. The molecule has 1 aromatic rings. The zero-order valence-electron chi connectivity index (χ0n) is 13.3. The van der Waals surface area contributed by atoms with E-state index >= 15 is 0 Å². The minimum atomic E-state index is -0.393. The molecule has 2 fully saturated rings. The molecular weight excluding hydrogens is 362 g/mol. The van der Waals surface area contributed by atoms with Crippen molar-refractivity contribution in [2.45, 2.75) is 20.3 Å². The molecule has 2 aliphatic heterocycles. The maximum absolute atomic E-state index is 12.2. The normalized spacial score (nSPS) is 22.8. The summed E-state index contributed by atoms with van der Waals surface area (Å²) in [6, 6.07) is 5.75. The summed E-state index contributed by atoms with van der Waals surface area (Å²) in [5.41, 5.74) is 1.81. The van der Waals surface area contributed by atoms with E-state index < -0.39 is 5.92 Å². The zero-order valence-corrected chi connectivity index (χ0v) is 14.9. The van der Waals surface area contributed by atoms with Gasteiger partial charge in [-0.15, -0.1) is 0 Å². The number of nitrogens with zero attached hydrogens (tertiary/aromatic N) is 1. The number of carbonyl (C=O) groups excluding carboxylic acids is 2. The second-order valence-corrected chi connectivity index (χ2v) is 7.60. The Hall–Kier alpha value is -1.40. The molecule has 0 spiro atoms. The molecule has 0 saturated carbocycles. The van der Waals surface area contributed by atoms with Crippen LogP contribution in [0, 0.1) is 18.3 Å². The molecule has 6 heteroatoms. The highest BCUT2D eigenvalue weighted by molar-refractivity contribution is 9.10. The minimum absolute atomic E-state index is 0.0353. The molecule has 2 heterocycles. The lowest BCUT2D eigenvalue weighted by Gasteiger charge is -2.37. The van der Waals surface area contributed by atoms with E-state index in [1.165, 1.54) is 0 Å². The van der Waals surface area contributed by atoms with Crippen LogP contribution in [0.3, 0.4) is 0 Å². The molecule has 0 radical (unpaired) electrons. The predicted octanol–water partition coefficient (Wildman–Crippen LogP) is 2.69. The second-order valence-electron chi connectivity index (χ2n) is 6.75. The first-order valence-corrected chi connectivity index (χ1v) is 8.48. The van der Waals surface area contributed by atoms with Gasteiger partial charge in [-0.05, 0) is 30.7 Å². The number of hydrogen-bond acceptors (Lipinski definition) is 4. The third kappa shape index (κ3) is 3.43. The van der Waals surface area contributed by atoms with Crippen LogP contribution in [0.15, 0.2) is 22.7 Å². The third-order valence-electron chi connectivity index (χ3n) is 4.38. The van der Waals surface area contributed by atoms with Crippen molar-refractivity contribution in [2.24, 2.45) is 11.3 Å². The van der Waals surface area contributed by atoms with Crippen molar-refractivity contribution in [1.29, 1.82) is 0 Å². The molecule has 23 heavy (non-hydrogen) atoms. The van der Waals surface area contributed by atoms with Gasteiger partial charge in [0.2, 0.25) is 5.91 Å². The minimum Gasteiger partial charge on any atom is -0.465 e. The molecule has 124 valence electrons. The average Bonchev–Trinajstić information content (AvgIpc) is 2.88. The Bertz CT molecular complexity index is 641. The van der Waals surface area contributed by atoms with E-state index in [1.807, 2.05) is 32.0 Å². The fourth-order valence-corrected chi connectivity index (χ4v) is 3.06. The Morgan fingerprint density at radius 3 is 2.83 bits per heavy atom. The van der Waals surface area contributed by atoms with Gasteiger partial charge in [-0.3, -0.25) is 9.59 Å². The van der Waals surface area contributed by atoms with Crippen molar-refractivity contribution in [1.82, 2.24) is 0 Å². The summed E-state index contributed by atoms with van der Waals surface area (Å²) >= 11 is 3.45. The topological polar surface area (TPSA) is 55.8 Å². The number of esters is 1. The largest absolute Gasteiger partial charge is 0.465 e. The zero-order chi connectivity index (χ0) is 16.6. The first-order chi connectivity index (χ1) is 10.9. The van der Waals surface area contributed by atoms with Crippen LogP contribution in [0.2, 0.25) is 0 Å². The number of halogens is 1. The fourth-order valence-electron chi connectivity index (χ4n) is 2.81. The predicted molar refractivity (Wildman–Crippen MR) is 89.2 cm³/mol. The molecular formula is C17H20BrNO4. The highest BCUT2D eigenvalue weighted by Crippen LogP contribution is 2.30. The molecule has 1 unspecified atom stereocenters. The van der Waals surface area contributed by atoms with Gasteiger partial charge in [0.25, 0.3) is 0 Å². The highest BCUT2D eigenvalue weighted by Gasteiger charge is 2.39. The van der Waals surface area contributed by atoms with Crippen LogP contribution in [-0.2, 0) is 19.1 Å². The van der Waals surface area contributed by atoms with E-state index in [4.69, 9.17) is 9.47 Å². The summed E-state index contributed by atoms with van der Waals surface area (Å²) in [7, 11) is 0. The van der Waals surface area contributed by atoms with Crippen LogP contribution in [0.1, 0.15) is 18.9 Å². The Labute approximate surface area is 144 Å². The maximum atomic E-state index is 12.2. The van der Waals surface area contributed by atoms with Gasteiger partial charge < -0.3 is 14.4 Å². The number of carbonyl (C=O) groups is 2. The van der Waals surface area contributed by atoms with Gasteiger partial charge in [-0.1, -0.05) is 22.9 Å². The molecule has 0 aromatic heterocycles. The van der Waals surface area contributed by atoms with Crippen LogP contribution < -0.4 is 4.90 Å². The third-order valence-corrected chi connectivity index (χ3v) is 5.27. The maximum Gasteiger partial charge on any atom is 0.311 e. The summed E-state index contributed by atoms with van der Waals surface area (Å²) in [6.45, 7) is 5.98. The number of amides is 1. The Kier molecular flexibility index (Phi) is 4.47. The molecule has 0 bridgehead atoms. The molecule has 5 nitrogen and oxygen atoms in total. The van der Waals surface area contributed by atoms with E-state index in [2.05, 4.69) is 15.9 Å². The van der Waals surface area contributed by atoms with Gasteiger partial charge in [0.05, 0.1) is 19.1 Å². The first kappa shape index (κ1) is 16.5. The number of aryl methyl sites for hydroxylation is 1. The van der Waals surface area contributed by atoms with Gasteiger partial charge in [0.15, 0.2) is 0 Å². The summed E-state index contributed by atoms with van der Waals surface area (Å²) in [6.07, 6.45) is 0.209. The van der Waals surface area contributed by atoms with Crippen LogP contribution in [-0.4, -0.2) is 38.2 Å². The van der Waals surface area contributed by atoms with Crippen LogP contribution >= 0.6 is 15.9 Å². The van der Waals surface area contributed by atoms with Crippen molar-refractivity contribution >= 4 is 33.5 Å². The number of rotatable bonds is 4. The smallest absolute Gasteiger partial charge is 0.311 e. The Morgan fingerprint density at radius 2 is 2.22 bits per heavy atom. The van der Waals surface area contributed by atoms with Crippen LogP contribution in [0.25, 0.3) is 0 Å². The summed E-state index contributed by atoms with van der Waals surface area (Å²) < 4.78 is 11.6. The molecule has 3 rings (SSSR count). The SMILES string of the molecule is Cc1cc(N2CC(C(=O)OCC3(C)COC3)CC2=O)ccc1Br. The molecule has 1 aromatic carbocycles. The average molecular weight is 382 g/mol. The van der Waals surface area contributed by atoms with E-state index in [1.54, 1.807) is 4.90 Å². The molecule has 0 N–H and O–H groups in total. The van der Waals surface area contributed by atoms with Gasteiger partial charge in [-0.25, -0.2) is 0 Å². The number of benzene rings is 1. The summed E-state index contributed by atoms with van der Waals surface area (Å²) in [5.74, 6) is -0.717. The second kappa shape index (κ2) is 6.24. The van der Waals surface area contributed by atoms with Crippen molar-refractivity contribution in [3.8, 4) is 0 Å². The first-order valence-electron chi connectivity index (χ1n) is 7.69. The lowest BCUT2D eigenvalue weighted by molar-refractivity contribution is -0.168. The molecule has 2 saturated heterocycles. The Balaban J connectivity index is 1.62. The Morgan fingerprint density at radius 1 is 1.48 bits per heavy atom. The van der Waals surface area contributed by atoms with Crippen molar-refractivity contribution in [2.75, 3.05) is 31.3 Å². The van der Waals surface area contributed by atoms with E-state index in [-0.39, 0.29) is 23.7 Å². The summed E-state index contributed by atoms with van der Waals surface area (Å²) in [5, 5.41) is 0. The lowest BCUT2D eigenvalue weighted by Crippen LogP contribution is -2.44. The lowest BCUT2D eigenvalue weighted by atomic mass is 9.90. The van der Waals surface area contributed by atoms with Crippen LogP contribution in [0.4, 0.5) is 5.69 Å². The van der Waals surface area contributed by atoms with Crippen molar-refractivity contribution in [3.63, 3.8) is 0 Å². The van der Waals surface area contributed by atoms with Gasteiger partial charge >= 0.3 is 5.97 Å². The number of hydrogen-bond donors (Lipinski definition) is 0. The van der Waals surface area contributed by atoms with E-state index in [9.17, 15) is 9.59 Å². The monoisotopic (exact) mass is 381 g/mol. The van der Waals surface area contributed by atoms with Crippen LogP contribution in [0.5, 0.6) is 0 Å². The van der Waals surface area contributed by atoms with Gasteiger partial charge in [-0.2, -0.15) is 0 Å².